The number of rotatable bonds is 3. The monoisotopic (exact) mass is 338 g/mol. The number of pyridine rings is 1. The second-order valence-electron chi connectivity index (χ2n) is 5.86. The number of methoxy groups -OCH3 is 1. The topological polar surface area (TPSA) is 74.1 Å². The van der Waals surface area contributed by atoms with Gasteiger partial charge >= 0.3 is 0 Å². The zero-order chi connectivity index (χ0) is 18.1. The molecule has 0 fully saturated rings. The lowest BCUT2D eigenvalue weighted by Gasteiger charge is -2.11. The van der Waals surface area contributed by atoms with Gasteiger partial charge < -0.3 is 4.74 Å². The Labute approximate surface area is 150 Å². The maximum atomic E-state index is 9.83. The van der Waals surface area contributed by atoms with E-state index < -0.39 is 0 Å². The Kier molecular flexibility index (Phi) is 3.76. The fourth-order valence-corrected chi connectivity index (χ4v) is 3.23. The number of hydrogen-bond donors (Lipinski definition) is 0. The largest absolute Gasteiger partial charge is 0.497 e. The Morgan fingerprint density at radius 1 is 1.08 bits per heavy atom. The van der Waals surface area contributed by atoms with Crippen molar-refractivity contribution in [2.75, 3.05) is 7.11 Å². The third-order valence-electron chi connectivity index (χ3n) is 4.42. The lowest BCUT2D eigenvalue weighted by Crippen LogP contribution is -2.01. The van der Waals surface area contributed by atoms with Gasteiger partial charge in [-0.2, -0.15) is 10.5 Å². The minimum atomic E-state index is 0.228. The van der Waals surface area contributed by atoms with Crippen LogP contribution in [0.5, 0.6) is 5.75 Å². The third kappa shape index (κ3) is 2.35. The van der Waals surface area contributed by atoms with Crippen LogP contribution in [0.15, 0.2) is 54.6 Å². The number of nitrogens with zero attached hydrogens (tertiary/aromatic N) is 4. The lowest BCUT2D eigenvalue weighted by atomic mass is 9.99. The van der Waals surface area contributed by atoms with Crippen LogP contribution in [0.25, 0.3) is 27.8 Å². The quantitative estimate of drug-likeness (QED) is 0.563. The number of hydrogen-bond acceptors (Lipinski definition) is 4. The molecule has 2 aromatic heterocycles. The Bertz CT molecular complexity index is 1210. The fourth-order valence-electron chi connectivity index (χ4n) is 3.23. The molecule has 0 unspecified atom stereocenters. The molecule has 124 valence electrons. The van der Waals surface area contributed by atoms with E-state index in [0.717, 1.165) is 33.6 Å². The molecule has 5 nitrogen and oxygen atoms in total. The van der Waals surface area contributed by atoms with Gasteiger partial charge in [-0.25, -0.2) is 4.98 Å². The van der Waals surface area contributed by atoms with E-state index in [1.807, 2.05) is 59.0 Å². The molecule has 26 heavy (non-hydrogen) atoms. The number of imidazole rings is 1. The standard InChI is InChI=1S/C21H14N4O/c1-26-16-8-6-14(7-9-16)17-12-15(10-11-22)25-20-5-3-2-4-19(20)24-21(25)18(17)13-23/h2-9,12H,10H2,1H3. The predicted octanol–water partition coefficient (Wildman–Crippen LogP) is 4.10. The maximum absolute atomic E-state index is 9.83. The van der Waals surface area contributed by atoms with Crippen LogP contribution in [0.1, 0.15) is 11.3 Å². The van der Waals surface area contributed by atoms with Crippen molar-refractivity contribution >= 4 is 16.7 Å². The van der Waals surface area contributed by atoms with E-state index in [0.29, 0.717) is 11.2 Å². The van der Waals surface area contributed by atoms with Gasteiger partial charge in [-0.3, -0.25) is 4.40 Å². The first-order valence-corrected chi connectivity index (χ1v) is 8.11. The van der Waals surface area contributed by atoms with Gasteiger partial charge in [-0.15, -0.1) is 0 Å². The molecule has 4 aromatic rings. The summed E-state index contributed by atoms with van der Waals surface area (Å²) in [5.74, 6) is 0.747. The van der Waals surface area contributed by atoms with Crippen LogP contribution in [-0.2, 0) is 6.42 Å². The Balaban J connectivity index is 2.09. The number of nitriles is 2. The lowest BCUT2D eigenvalue weighted by molar-refractivity contribution is 0.415. The van der Waals surface area contributed by atoms with E-state index in [2.05, 4.69) is 17.1 Å². The smallest absolute Gasteiger partial charge is 0.156 e. The summed E-state index contributed by atoms with van der Waals surface area (Å²) in [7, 11) is 1.61. The van der Waals surface area contributed by atoms with Crippen molar-refractivity contribution < 1.29 is 4.74 Å². The highest BCUT2D eigenvalue weighted by Crippen LogP contribution is 2.31. The summed E-state index contributed by atoms with van der Waals surface area (Å²) < 4.78 is 7.12. The molecular weight excluding hydrogens is 324 g/mol. The molecule has 0 atom stereocenters. The number of benzene rings is 2. The minimum Gasteiger partial charge on any atom is -0.497 e. The minimum absolute atomic E-state index is 0.228. The fraction of sp³-hybridized carbons (Fsp3) is 0.0952. The van der Waals surface area contributed by atoms with Gasteiger partial charge in [0.1, 0.15) is 17.4 Å². The Hall–Kier alpha value is -3.83. The summed E-state index contributed by atoms with van der Waals surface area (Å²) in [6, 6.07) is 21.6. The summed E-state index contributed by atoms with van der Waals surface area (Å²) in [4.78, 5) is 4.66. The van der Waals surface area contributed by atoms with Crippen LogP contribution in [-0.4, -0.2) is 16.5 Å². The third-order valence-corrected chi connectivity index (χ3v) is 4.42. The first-order chi connectivity index (χ1) is 12.8. The molecule has 0 saturated heterocycles. The van der Waals surface area contributed by atoms with E-state index >= 15 is 0 Å². The van der Waals surface area contributed by atoms with E-state index in [1.54, 1.807) is 7.11 Å². The summed E-state index contributed by atoms with van der Waals surface area (Å²) in [5.41, 5.74) is 5.22. The highest BCUT2D eigenvalue weighted by molar-refractivity contribution is 5.87. The SMILES string of the molecule is COc1ccc(-c2cc(CC#N)n3c(nc4ccccc43)c2C#N)cc1. The molecule has 0 bridgehead atoms. The average molecular weight is 338 g/mol. The average Bonchev–Trinajstić information content (AvgIpc) is 3.07. The van der Waals surface area contributed by atoms with Crippen molar-refractivity contribution in [2.24, 2.45) is 0 Å². The van der Waals surface area contributed by atoms with Gasteiger partial charge in [0.2, 0.25) is 0 Å². The number of fused-ring (bicyclic) bond motifs is 3. The van der Waals surface area contributed by atoms with Crippen LogP contribution >= 0.6 is 0 Å². The summed E-state index contributed by atoms with van der Waals surface area (Å²) >= 11 is 0. The Morgan fingerprint density at radius 3 is 2.54 bits per heavy atom. The van der Waals surface area contributed by atoms with Crippen LogP contribution < -0.4 is 4.74 Å². The maximum Gasteiger partial charge on any atom is 0.156 e. The molecule has 0 N–H and O–H groups in total. The molecule has 0 spiro atoms. The molecule has 2 heterocycles. The van der Waals surface area contributed by atoms with Gasteiger partial charge in [0.25, 0.3) is 0 Å². The van der Waals surface area contributed by atoms with E-state index in [-0.39, 0.29) is 6.42 Å². The second-order valence-corrected chi connectivity index (χ2v) is 5.86. The Morgan fingerprint density at radius 2 is 1.85 bits per heavy atom. The van der Waals surface area contributed by atoms with E-state index in [1.165, 1.54) is 0 Å². The first-order valence-electron chi connectivity index (χ1n) is 8.11. The highest BCUT2D eigenvalue weighted by atomic mass is 16.5. The van der Waals surface area contributed by atoms with Crippen LogP contribution in [0.4, 0.5) is 0 Å². The van der Waals surface area contributed by atoms with Crippen LogP contribution in [0.3, 0.4) is 0 Å². The van der Waals surface area contributed by atoms with Gasteiger partial charge in [0.15, 0.2) is 5.65 Å². The summed E-state index contributed by atoms with van der Waals surface area (Å²) in [6.07, 6.45) is 0.228. The molecule has 0 aliphatic carbocycles. The molecule has 4 rings (SSSR count). The molecule has 0 saturated carbocycles. The molecule has 0 aliphatic rings. The molecule has 0 aliphatic heterocycles. The molecule has 0 amide bonds. The van der Waals surface area contributed by atoms with Gasteiger partial charge in [-0.05, 0) is 35.9 Å². The van der Waals surface area contributed by atoms with Crippen molar-refractivity contribution in [2.45, 2.75) is 6.42 Å². The van der Waals surface area contributed by atoms with Gasteiger partial charge in [0, 0.05) is 11.3 Å². The first kappa shape index (κ1) is 15.7. The number of aromatic nitrogens is 2. The molecule has 0 radical (unpaired) electrons. The molecule has 2 aromatic carbocycles. The summed E-state index contributed by atoms with van der Waals surface area (Å²) in [5, 5.41) is 19.1. The van der Waals surface area contributed by atoms with Crippen LogP contribution in [0, 0.1) is 22.7 Å². The highest BCUT2D eigenvalue weighted by Gasteiger charge is 2.17. The van der Waals surface area contributed by atoms with Crippen molar-refractivity contribution in [1.82, 2.24) is 9.38 Å². The van der Waals surface area contributed by atoms with Gasteiger partial charge in [-0.1, -0.05) is 24.3 Å². The van der Waals surface area contributed by atoms with Crippen LogP contribution in [0.2, 0.25) is 0 Å². The summed E-state index contributed by atoms with van der Waals surface area (Å²) in [6.45, 7) is 0. The zero-order valence-electron chi connectivity index (χ0n) is 14.1. The normalized spacial score (nSPS) is 10.6. The van der Waals surface area contributed by atoms with E-state index in [4.69, 9.17) is 4.74 Å². The zero-order valence-corrected chi connectivity index (χ0v) is 14.1. The van der Waals surface area contributed by atoms with E-state index in [9.17, 15) is 10.5 Å². The van der Waals surface area contributed by atoms with Crippen molar-refractivity contribution in [3.8, 4) is 29.0 Å². The second kappa shape index (κ2) is 6.23. The van der Waals surface area contributed by atoms with Gasteiger partial charge in [0.05, 0.1) is 30.6 Å². The van der Waals surface area contributed by atoms with Crippen molar-refractivity contribution in [3.63, 3.8) is 0 Å². The van der Waals surface area contributed by atoms with Crippen molar-refractivity contribution in [1.29, 1.82) is 10.5 Å². The predicted molar refractivity (Wildman–Crippen MR) is 98.7 cm³/mol. The number of ether oxygens (including phenoxy) is 1. The number of para-hydroxylation sites is 2. The van der Waals surface area contributed by atoms with Crippen molar-refractivity contribution in [3.05, 3.63) is 65.9 Å². The molecule has 5 heteroatoms. The molecular formula is C21H14N4O.